The molecule has 2 atom stereocenters. The van der Waals surface area contributed by atoms with Gasteiger partial charge < -0.3 is 9.80 Å². The molecule has 0 N–H and O–H groups in total. The Morgan fingerprint density at radius 3 is 1.71 bits per heavy atom. The van der Waals surface area contributed by atoms with Crippen LogP contribution in [0, 0.1) is 0 Å². The molecule has 2 unspecified atom stereocenters. The Bertz CT molecular complexity index is 1380. The molecule has 38 heavy (non-hydrogen) atoms. The van der Waals surface area contributed by atoms with E-state index in [4.69, 9.17) is 0 Å². The van der Waals surface area contributed by atoms with Gasteiger partial charge in [-0.1, -0.05) is 107 Å². The van der Waals surface area contributed by atoms with E-state index in [-0.39, 0.29) is 11.8 Å². The average Bonchev–Trinajstić information content (AvgIpc) is 3.41. The van der Waals surface area contributed by atoms with Gasteiger partial charge in [-0.15, -0.1) is 0 Å². The Kier molecular flexibility index (Phi) is 7.33. The first-order valence-corrected chi connectivity index (χ1v) is 13.7. The molecule has 0 fully saturated rings. The smallest absolute Gasteiger partial charge is 0.261 e. The van der Waals surface area contributed by atoms with Gasteiger partial charge in [-0.2, -0.15) is 0 Å². The molecule has 0 radical (unpaired) electrons. The zero-order chi connectivity index (χ0) is 26.8. The van der Waals surface area contributed by atoms with Crippen LogP contribution in [-0.2, 0) is 22.7 Å². The minimum Gasteiger partial charge on any atom is -0.310 e. The molecule has 4 heteroatoms. The number of amides is 2. The topological polar surface area (TPSA) is 40.6 Å². The van der Waals surface area contributed by atoms with Crippen LogP contribution in [0.3, 0.4) is 0 Å². The number of hydrogen-bond donors (Lipinski definition) is 0. The molecule has 0 spiro atoms. The maximum absolute atomic E-state index is 13.7. The number of benzene rings is 3. The van der Waals surface area contributed by atoms with Crippen molar-refractivity contribution in [1.29, 1.82) is 0 Å². The van der Waals surface area contributed by atoms with Crippen LogP contribution in [0.4, 0.5) is 0 Å². The molecule has 2 amide bonds. The Hall–Kier alpha value is -3.92. The quantitative estimate of drug-likeness (QED) is 0.305. The molecular weight excluding hydrogens is 468 g/mol. The van der Waals surface area contributed by atoms with Crippen LogP contribution in [0.5, 0.6) is 0 Å². The van der Waals surface area contributed by atoms with E-state index in [9.17, 15) is 9.59 Å². The summed E-state index contributed by atoms with van der Waals surface area (Å²) in [5.74, 6) is 0.770. The summed E-state index contributed by atoms with van der Waals surface area (Å²) in [7, 11) is 0. The van der Waals surface area contributed by atoms with Crippen LogP contribution < -0.4 is 0 Å². The van der Waals surface area contributed by atoms with Crippen molar-refractivity contribution >= 4 is 17.5 Å². The molecule has 3 aromatic rings. The van der Waals surface area contributed by atoms with Gasteiger partial charge in [0.15, 0.2) is 0 Å². The standard InChI is InChI=1S/C34H36N2O2/c1-5-23(3)27-16-12-25(13-17-27)20-35-22-30-31(34(35)38)32(29-10-8-7-9-11-29)36(33(30)37)21-26-14-18-28(19-15-26)24(4)6-2/h7-19,22-24H,5-6,20-21H2,1-4H3. The maximum atomic E-state index is 13.7. The van der Waals surface area contributed by atoms with Crippen molar-refractivity contribution in [2.75, 3.05) is 0 Å². The van der Waals surface area contributed by atoms with E-state index >= 15 is 0 Å². The van der Waals surface area contributed by atoms with Crippen molar-refractivity contribution in [1.82, 2.24) is 9.80 Å². The molecule has 0 aromatic heterocycles. The van der Waals surface area contributed by atoms with E-state index in [2.05, 4.69) is 76.2 Å². The van der Waals surface area contributed by atoms with Crippen LogP contribution in [0.2, 0.25) is 0 Å². The van der Waals surface area contributed by atoms with Gasteiger partial charge >= 0.3 is 0 Å². The minimum atomic E-state index is -0.118. The summed E-state index contributed by atoms with van der Waals surface area (Å²) < 4.78 is 0. The minimum absolute atomic E-state index is 0.118. The molecule has 194 valence electrons. The van der Waals surface area contributed by atoms with Gasteiger partial charge in [0.1, 0.15) is 0 Å². The summed E-state index contributed by atoms with van der Waals surface area (Å²) >= 11 is 0. The molecule has 0 saturated heterocycles. The number of carbonyl (C=O) groups excluding carboxylic acids is 2. The summed E-state index contributed by atoms with van der Waals surface area (Å²) in [6, 6.07) is 26.8. The van der Waals surface area contributed by atoms with E-state index in [0.717, 1.165) is 29.5 Å². The third kappa shape index (κ3) is 4.83. The lowest BCUT2D eigenvalue weighted by molar-refractivity contribution is -0.124. The summed E-state index contributed by atoms with van der Waals surface area (Å²) in [6.45, 7) is 9.69. The second-order valence-corrected chi connectivity index (χ2v) is 10.6. The predicted octanol–water partition coefficient (Wildman–Crippen LogP) is 7.39. The predicted molar refractivity (Wildman–Crippen MR) is 153 cm³/mol. The van der Waals surface area contributed by atoms with Gasteiger partial charge in [0, 0.05) is 6.20 Å². The highest BCUT2D eigenvalue weighted by atomic mass is 16.2. The van der Waals surface area contributed by atoms with E-state index in [1.165, 1.54) is 11.1 Å². The number of hydrogen-bond acceptors (Lipinski definition) is 2. The molecule has 0 aliphatic carbocycles. The van der Waals surface area contributed by atoms with Crippen molar-refractivity contribution < 1.29 is 9.59 Å². The Labute approximate surface area is 226 Å². The SMILES string of the molecule is CCC(C)c1ccc(CN2C=C3C(=O)N(Cc4ccc(C(C)CC)cc4)C(c4ccccc4)=C3C2=O)cc1. The van der Waals surface area contributed by atoms with E-state index in [1.807, 2.05) is 30.3 Å². The second kappa shape index (κ2) is 10.8. The maximum Gasteiger partial charge on any atom is 0.261 e. The third-order valence-electron chi connectivity index (χ3n) is 8.07. The zero-order valence-electron chi connectivity index (χ0n) is 22.8. The van der Waals surface area contributed by atoms with E-state index < -0.39 is 0 Å². The fraction of sp³-hybridized carbons (Fsp3) is 0.294. The fourth-order valence-corrected chi connectivity index (χ4v) is 5.23. The zero-order valence-corrected chi connectivity index (χ0v) is 22.8. The first-order chi connectivity index (χ1) is 18.4. The lowest BCUT2D eigenvalue weighted by Crippen LogP contribution is -2.27. The third-order valence-corrected chi connectivity index (χ3v) is 8.07. The summed E-state index contributed by atoms with van der Waals surface area (Å²) in [5.41, 5.74) is 7.27. The lowest BCUT2D eigenvalue weighted by atomic mass is 9.97. The highest BCUT2D eigenvalue weighted by molar-refractivity contribution is 6.24. The van der Waals surface area contributed by atoms with Crippen LogP contribution in [0.1, 0.15) is 80.2 Å². The van der Waals surface area contributed by atoms with Crippen molar-refractivity contribution in [2.45, 2.75) is 65.5 Å². The number of rotatable bonds is 9. The van der Waals surface area contributed by atoms with Crippen LogP contribution in [0.15, 0.2) is 96.2 Å². The van der Waals surface area contributed by atoms with Gasteiger partial charge in [0.25, 0.3) is 11.8 Å². The molecule has 2 heterocycles. The summed E-state index contributed by atoms with van der Waals surface area (Å²) in [4.78, 5) is 30.9. The Morgan fingerprint density at radius 2 is 1.18 bits per heavy atom. The average molecular weight is 505 g/mol. The van der Waals surface area contributed by atoms with Gasteiger partial charge in [-0.05, 0) is 52.5 Å². The summed E-state index contributed by atoms with van der Waals surface area (Å²) in [5, 5.41) is 0. The Morgan fingerprint density at radius 1 is 0.658 bits per heavy atom. The van der Waals surface area contributed by atoms with Gasteiger partial charge in [-0.3, -0.25) is 9.59 Å². The molecular formula is C34H36N2O2. The first kappa shape index (κ1) is 25.7. The highest BCUT2D eigenvalue weighted by Crippen LogP contribution is 2.41. The second-order valence-electron chi connectivity index (χ2n) is 10.6. The van der Waals surface area contributed by atoms with E-state index in [1.54, 1.807) is 16.0 Å². The van der Waals surface area contributed by atoms with Crippen molar-refractivity contribution in [3.05, 3.63) is 124 Å². The molecule has 4 nitrogen and oxygen atoms in total. The van der Waals surface area contributed by atoms with Crippen LogP contribution in [-0.4, -0.2) is 21.6 Å². The normalized spacial score (nSPS) is 16.7. The molecule has 0 bridgehead atoms. The van der Waals surface area contributed by atoms with E-state index in [0.29, 0.717) is 41.8 Å². The molecule has 2 aliphatic heterocycles. The number of nitrogens with zero attached hydrogens (tertiary/aromatic N) is 2. The fourth-order valence-electron chi connectivity index (χ4n) is 5.23. The Balaban J connectivity index is 1.44. The molecule has 3 aromatic carbocycles. The largest absolute Gasteiger partial charge is 0.310 e. The highest BCUT2D eigenvalue weighted by Gasteiger charge is 2.44. The van der Waals surface area contributed by atoms with Crippen molar-refractivity contribution in [3.63, 3.8) is 0 Å². The molecule has 2 aliphatic rings. The van der Waals surface area contributed by atoms with Crippen molar-refractivity contribution in [3.8, 4) is 0 Å². The van der Waals surface area contributed by atoms with Gasteiger partial charge in [0.2, 0.25) is 0 Å². The first-order valence-electron chi connectivity index (χ1n) is 13.7. The lowest BCUT2D eigenvalue weighted by Gasteiger charge is -2.23. The monoisotopic (exact) mass is 504 g/mol. The number of fused-ring (bicyclic) bond motifs is 1. The van der Waals surface area contributed by atoms with Gasteiger partial charge in [-0.25, -0.2) is 0 Å². The molecule has 0 saturated carbocycles. The van der Waals surface area contributed by atoms with Crippen molar-refractivity contribution in [2.24, 2.45) is 0 Å². The summed E-state index contributed by atoms with van der Waals surface area (Å²) in [6.07, 6.45) is 3.92. The van der Waals surface area contributed by atoms with Crippen LogP contribution in [0.25, 0.3) is 5.70 Å². The van der Waals surface area contributed by atoms with Gasteiger partial charge in [0.05, 0.1) is 29.9 Å². The van der Waals surface area contributed by atoms with Crippen LogP contribution >= 0.6 is 0 Å². The number of carbonyl (C=O) groups is 2. The molecule has 5 rings (SSSR count).